The van der Waals surface area contributed by atoms with Gasteiger partial charge in [0.2, 0.25) is 0 Å². The van der Waals surface area contributed by atoms with Gasteiger partial charge < -0.3 is 0 Å². The van der Waals surface area contributed by atoms with Crippen LogP contribution in [0.15, 0.2) is 203 Å². The van der Waals surface area contributed by atoms with Crippen LogP contribution in [0, 0.1) is 23.7 Å². The molecule has 0 spiro atoms. The van der Waals surface area contributed by atoms with Gasteiger partial charge in [0.05, 0.1) is 0 Å². The molecular formula is C50H46. The fourth-order valence-electron chi connectivity index (χ4n) is 9.43. The van der Waals surface area contributed by atoms with Crippen LogP contribution in [0.4, 0.5) is 0 Å². The molecule has 1 aromatic carbocycles. The van der Waals surface area contributed by atoms with Gasteiger partial charge in [-0.15, -0.1) is 0 Å². The third-order valence-corrected chi connectivity index (χ3v) is 12.0. The van der Waals surface area contributed by atoms with Crippen LogP contribution in [-0.2, 0) is 0 Å². The van der Waals surface area contributed by atoms with Gasteiger partial charge in [0.1, 0.15) is 0 Å². The summed E-state index contributed by atoms with van der Waals surface area (Å²) in [6.07, 6.45) is 60.7. The zero-order valence-corrected chi connectivity index (χ0v) is 29.0. The van der Waals surface area contributed by atoms with Crippen LogP contribution >= 0.6 is 0 Å². The summed E-state index contributed by atoms with van der Waals surface area (Å²) in [5.41, 5.74) is 15.0. The highest BCUT2D eigenvalue weighted by Crippen LogP contribution is 2.45. The van der Waals surface area contributed by atoms with Gasteiger partial charge in [0.15, 0.2) is 0 Å². The van der Waals surface area contributed by atoms with Gasteiger partial charge in [-0.3, -0.25) is 0 Å². The van der Waals surface area contributed by atoms with E-state index < -0.39 is 0 Å². The van der Waals surface area contributed by atoms with Crippen molar-refractivity contribution in [2.45, 2.75) is 51.4 Å². The minimum absolute atomic E-state index is 0.366. The zero-order chi connectivity index (χ0) is 33.3. The lowest BCUT2D eigenvalue weighted by Crippen LogP contribution is -2.40. The van der Waals surface area contributed by atoms with Crippen molar-refractivity contribution in [1.82, 2.24) is 0 Å². The molecule has 0 aliphatic heterocycles. The Morgan fingerprint density at radius 3 is 1.58 bits per heavy atom. The van der Waals surface area contributed by atoms with Gasteiger partial charge in [0, 0.05) is 23.7 Å². The van der Waals surface area contributed by atoms with Crippen LogP contribution in [0.1, 0.15) is 51.4 Å². The van der Waals surface area contributed by atoms with Crippen molar-refractivity contribution in [3.63, 3.8) is 0 Å². The van der Waals surface area contributed by atoms with Crippen molar-refractivity contribution >= 4 is 11.1 Å². The number of hydrogen-bond acceptors (Lipinski definition) is 0. The third-order valence-electron chi connectivity index (χ3n) is 12.0. The summed E-state index contributed by atoms with van der Waals surface area (Å²) in [4.78, 5) is 0. The molecule has 0 aromatic heterocycles. The molecule has 4 unspecified atom stereocenters. The first-order valence-corrected chi connectivity index (χ1v) is 19.0. The van der Waals surface area contributed by atoms with Crippen LogP contribution in [0.3, 0.4) is 0 Å². The van der Waals surface area contributed by atoms with Gasteiger partial charge in [0.25, 0.3) is 0 Å². The Morgan fingerprint density at radius 2 is 0.980 bits per heavy atom. The lowest BCUT2D eigenvalue weighted by molar-refractivity contribution is 0.602. The standard InChI is InChI=1S/C50H46/c1-3-13-36(14-4-1)37-29-31-41(32-30-37)50-47-21-11-9-19-45(47)49(46-20-10-12-22-48(46)50)40-27-24-35(25-28-40)23-26-39-33-34-43(38-15-5-2-6-16-38)44-18-8-7-17-42(39)44/h1-3,5,7-13,15,17-24,26-27,29,31,33-34,42,44-45,47H,4,6,14,16,25,28,30,32H2. The molecule has 8 aliphatic rings. The number of allylic oxidation sites excluding steroid dienone is 30. The molecule has 8 aliphatic carbocycles. The van der Waals surface area contributed by atoms with Crippen LogP contribution < -0.4 is 10.4 Å². The number of benzene rings is 1. The van der Waals surface area contributed by atoms with Gasteiger partial charge in [-0.25, -0.2) is 0 Å². The molecular weight excluding hydrogens is 601 g/mol. The average molecular weight is 647 g/mol. The Labute approximate surface area is 298 Å². The topological polar surface area (TPSA) is 0 Å². The van der Waals surface area contributed by atoms with Gasteiger partial charge >= 0.3 is 0 Å². The van der Waals surface area contributed by atoms with E-state index in [0.29, 0.717) is 23.7 Å². The van der Waals surface area contributed by atoms with E-state index >= 15 is 0 Å². The van der Waals surface area contributed by atoms with Crippen LogP contribution in [0.25, 0.3) is 11.1 Å². The molecule has 0 amide bonds. The zero-order valence-electron chi connectivity index (χ0n) is 29.0. The van der Waals surface area contributed by atoms with Crippen molar-refractivity contribution < 1.29 is 0 Å². The molecule has 0 nitrogen and oxygen atoms in total. The molecule has 9 rings (SSSR count). The Kier molecular flexibility index (Phi) is 8.55. The van der Waals surface area contributed by atoms with Crippen molar-refractivity contribution in [1.29, 1.82) is 0 Å². The molecule has 0 saturated carbocycles. The van der Waals surface area contributed by atoms with Gasteiger partial charge in [-0.1, -0.05) is 158 Å². The second-order valence-corrected chi connectivity index (χ2v) is 14.8. The first kappa shape index (κ1) is 31.1. The highest BCUT2D eigenvalue weighted by atomic mass is 14.4. The third kappa shape index (κ3) is 5.86. The van der Waals surface area contributed by atoms with E-state index in [4.69, 9.17) is 0 Å². The quantitative estimate of drug-likeness (QED) is 0.289. The Morgan fingerprint density at radius 1 is 0.420 bits per heavy atom. The maximum Gasteiger partial charge on any atom is 0.0134 e. The van der Waals surface area contributed by atoms with Gasteiger partial charge in [-0.2, -0.15) is 0 Å². The Balaban J connectivity index is 1.05. The molecule has 4 atom stereocenters. The summed E-state index contributed by atoms with van der Waals surface area (Å²) in [6.45, 7) is 0. The molecule has 0 heterocycles. The number of fused-ring (bicyclic) bond motifs is 3. The van der Waals surface area contributed by atoms with E-state index in [2.05, 4.69) is 158 Å². The summed E-state index contributed by atoms with van der Waals surface area (Å²) in [5, 5.41) is 2.86. The summed E-state index contributed by atoms with van der Waals surface area (Å²) in [6, 6.07) is 9.25. The summed E-state index contributed by atoms with van der Waals surface area (Å²) >= 11 is 0. The van der Waals surface area contributed by atoms with Gasteiger partial charge in [-0.05, 0) is 118 Å². The fraction of sp³-hybridized carbons (Fsp3) is 0.240. The maximum atomic E-state index is 2.47. The molecule has 0 fully saturated rings. The molecule has 0 radical (unpaired) electrons. The Hall–Kier alpha value is -4.94. The lowest BCUT2D eigenvalue weighted by atomic mass is 9.68. The average Bonchev–Trinajstić information content (AvgIpc) is 3.20. The maximum absolute atomic E-state index is 2.47. The summed E-state index contributed by atoms with van der Waals surface area (Å²) < 4.78 is 0. The first-order chi connectivity index (χ1) is 24.8. The fourth-order valence-corrected chi connectivity index (χ4v) is 9.43. The predicted octanol–water partition coefficient (Wildman–Crippen LogP) is 11.0. The van der Waals surface area contributed by atoms with Crippen LogP contribution in [0.2, 0.25) is 0 Å². The second kappa shape index (κ2) is 13.8. The summed E-state index contributed by atoms with van der Waals surface area (Å²) in [7, 11) is 0. The van der Waals surface area contributed by atoms with Crippen molar-refractivity contribution in [2.75, 3.05) is 0 Å². The smallest absolute Gasteiger partial charge is 0.0134 e. The highest BCUT2D eigenvalue weighted by Gasteiger charge is 2.34. The molecule has 246 valence electrons. The monoisotopic (exact) mass is 646 g/mol. The van der Waals surface area contributed by atoms with E-state index in [1.54, 1.807) is 0 Å². The molecule has 0 heteroatoms. The minimum Gasteiger partial charge on any atom is -0.0842 e. The number of rotatable bonds is 6. The molecule has 0 saturated heterocycles. The molecule has 0 N–H and O–H groups in total. The van der Waals surface area contributed by atoms with Crippen LogP contribution in [-0.4, -0.2) is 0 Å². The molecule has 1 aromatic rings. The molecule has 50 heavy (non-hydrogen) atoms. The van der Waals surface area contributed by atoms with Crippen molar-refractivity contribution in [2.24, 2.45) is 23.7 Å². The van der Waals surface area contributed by atoms with Crippen LogP contribution in [0.5, 0.6) is 0 Å². The molecule has 0 bridgehead atoms. The van der Waals surface area contributed by atoms with E-state index in [1.165, 1.54) is 72.6 Å². The van der Waals surface area contributed by atoms with Crippen molar-refractivity contribution in [3.8, 4) is 0 Å². The van der Waals surface area contributed by atoms with Crippen molar-refractivity contribution in [3.05, 3.63) is 213 Å². The minimum atomic E-state index is 0.366. The second-order valence-electron chi connectivity index (χ2n) is 14.8. The SMILES string of the molecule is C1=CCCC(C2=CC=C(C3=c4ccccc4=C(C4=CC=C(C=CC5=CC=C(C6=CC=CCC6)C6C=CC=CC56)CC4)C4C=CC=CC34)CC2)=C1. The van der Waals surface area contributed by atoms with E-state index in [0.717, 1.165) is 44.9 Å². The lowest BCUT2D eigenvalue weighted by Gasteiger charge is -2.36. The van der Waals surface area contributed by atoms with E-state index in [-0.39, 0.29) is 0 Å². The normalized spacial score (nSPS) is 28.1. The predicted molar refractivity (Wildman–Crippen MR) is 212 cm³/mol. The number of hydrogen-bond donors (Lipinski definition) is 0. The first-order valence-electron chi connectivity index (χ1n) is 19.0. The highest BCUT2D eigenvalue weighted by molar-refractivity contribution is 5.81. The largest absolute Gasteiger partial charge is 0.0842 e. The Bertz CT molecular complexity index is 2210. The summed E-state index contributed by atoms with van der Waals surface area (Å²) in [5.74, 6) is 1.57. The van der Waals surface area contributed by atoms with E-state index in [9.17, 15) is 0 Å². The van der Waals surface area contributed by atoms with E-state index in [1.807, 2.05) is 0 Å².